The van der Waals surface area contributed by atoms with Crippen LogP contribution in [-0.2, 0) is 11.2 Å². The maximum Gasteiger partial charge on any atom is 0.164 e. The van der Waals surface area contributed by atoms with E-state index in [1.54, 1.807) is 11.5 Å². The molecule has 2 aromatic rings. The lowest BCUT2D eigenvalue weighted by molar-refractivity contribution is -0.0638. The number of fused-ring (bicyclic) bond motifs is 1. The molecule has 1 aliphatic rings. The molecule has 0 spiro atoms. The molecule has 0 amide bonds. The van der Waals surface area contributed by atoms with E-state index < -0.39 is 24.0 Å². The summed E-state index contributed by atoms with van der Waals surface area (Å²) in [5, 5.41) is 21.8. The Kier molecular flexibility index (Phi) is 3.47. The standard InChI is InChI=1S/C15H21N3O3/c1-4-10-9-6-7-18(13(9)17-8-16-10)14-12(19)15(3,20)11(5-2)21-14/h6-8,11-12,14,19-20H,4-5H2,1-3H3/t11-,12+,14-,15-/m1/s1. The summed E-state index contributed by atoms with van der Waals surface area (Å²) in [5.74, 6) is 0. The highest BCUT2D eigenvalue weighted by Gasteiger charge is 2.52. The molecule has 0 aromatic carbocycles. The number of aliphatic hydroxyl groups excluding tert-OH is 1. The molecule has 1 fully saturated rings. The van der Waals surface area contributed by atoms with E-state index >= 15 is 0 Å². The smallest absolute Gasteiger partial charge is 0.164 e. The zero-order valence-corrected chi connectivity index (χ0v) is 12.5. The van der Waals surface area contributed by atoms with Crippen molar-refractivity contribution < 1.29 is 14.9 Å². The molecule has 6 heteroatoms. The maximum atomic E-state index is 10.4. The van der Waals surface area contributed by atoms with Crippen LogP contribution in [0.1, 0.15) is 39.1 Å². The van der Waals surface area contributed by atoms with Crippen molar-refractivity contribution in [2.75, 3.05) is 0 Å². The SMILES string of the molecule is CCc1ncnc2c1ccn2[C@@H]1O[C@H](CC)[C@@](C)(O)[C@H]1O. The molecule has 3 rings (SSSR count). The topological polar surface area (TPSA) is 80.4 Å². The first-order chi connectivity index (χ1) is 10.0. The summed E-state index contributed by atoms with van der Waals surface area (Å²) in [6.07, 6.45) is 2.76. The summed E-state index contributed by atoms with van der Waals surface area (Å²) in [6.45, 7) is 5.58. The number of hydrogen-bond acceptors (Lipinski definition) is 5. The number of aryl methyl sites for hydroxylation is 1. The van der Waals surface area contributed by atoms with E-state index in [9.17, 15) is 10.2 Å². The van der Waals surface area contributed by atoms with Gasteiger partial charge in [0.2, 0.25) is 0 Å². The van der Waals surface area contributed by atoms with Gasteiger partial charge in [0.05, 0.1) is 11.8 Å². The summed E-state index contributed by atoms with van der Waals surface area (Å²) in [7, 11) is 0. The fourth-order valence-electron chi connectivity index (χ4n) is 3.10. The Labute approximate surface area is 123 Å². The van der Waals surface area contributed by atoms with E-state index in [-0.39, 0.29) is 0 Å². The molecule has 6 nitrogen and oxygen atoms in total. The van der Waals surface area contributed by atoms with Gasteiger partial charge in [0.1, 0.15) is 23.7 Å². The van der Waals surface area contributed by atoms with Crippen LogP contribution >= 0.6 is 0 Å². The molecule has 0 bridgehead atoms. The number of rotatable bonds is 3. The van der Waals surface area contributed by atoms with Crippen LogP contribution in [0.25, 0.3) is 11.0 Å². The Morgan fingerprint density at radius 2 is 2.14 bits per heavy atom. The number of ether oxygens (including phenoxy) is 1. The normalized spacial score (nSPS) is 32.9. The first-order valence-electron chi connectivity index (χ1n) is 7.37. The quantitative estimate of drug-likeness (QED) is 0.894. The molecule has 1 saturated heterocycles. The number of nitrogens with zero attached hydrogens (tertiary/aromatic N) is 3. The van der Waals surface area contributed by atoms with Crippen LogP contribution < -0.4 is 0 Å². The minimum Gasteiger partial charge on any atom is -0.385 e. The average Bonchev–Trinajstić information content (AvgIpc) is 2.99. The van der Waals surface area contributed by atoms with E-state index in [4.69, 9.17) is 4.74 Å². The van der Waals surface area contributed by atoms with Crippen molar-refractivity contribution >= 4 is 11.0 Å². The molecule has 3 heterocycles. The second kappa shape index (κ2) is 5.05. The second-order valence-corrected chi connectivity index (χ2v) is 5.73. The molecule has 4 atom stereocenters. The van der Waals surface area contributed by atoms with Crippen LogP contribution in [0.2, 0.25) is 0 Å². The van der Waals surface area contributed by atoms with Gasteiger partial charge in [0, 0.05) is 11.6 Å². The molecular formula is C15H21N3O3. The molecular weight excluding hydrogens is 270 g/mol. The van der Waals surface area contributed by atoms with Gasteiger partial charge in [-0.25, -0.2) is 9.97 Å². The van der Waals surface area contributed by atoms with Crippen molar-refractivity contribution in [1.82, 2.24) is 14.5 Å². The van der Waals surface area contributed by atoms with Gasteiger partial charge in [-0.2, -0.15) is 0 Å². The van der Waals surface area contributed by atoms with Crippen molar-refractivity contribution in [1.29, 1.82) is 0 Å². The molecule has 0 saturated carbocycles. The monoisotopic (exact) mass is 291 g/mol. The van der Waals surface area contributed by atoms with Crippen LogP contribution in [0.5, 0.6) is 0 Å². The first kappa shape index (κ1) is 14.4. The Hall–Kier alpha value is -1.50. The van der Waals surface area contributed by atoms with Crippen molar-refractivity contribution in [3.8, 4) is 0 Å². The molecule has 2 N–H and O–H groups in total. The minimum absolute atomic E-state index is 0.401. The summed E-state index contributed by atoms with van der Waals surface area (Å²) in [5.41, 5.74) is 0.417. The molecule has 2 aromatic heterocycles. The summed E-state index contributed by atoms with van der Waals surface area (Å²) < 4.78 is 7.65. The molecule has 0 unspecified atom stereocenters. The average molecular weight is 291 g/mol. The molecule has 21 heavy (non-hydrogen) atoms. The van der Waals surface area contributed by atoms with Gasteiger partial charge in [0.25, 0.3) is 0 Å². The fraction of sp³-hybridized carbons (Fsp3) is 0.600. The van der Waals surface area contributed by atoms with Crippen LogP contribution in [-0.4, -0.2) is 42.6 Å². The zero-order valence-electron chi connectivity index (χ0n) is 12.5. The lowest BCUT2D eigenvalue weighted by atomic mass is 9.93. The van der Waals surface area contributed by atoms with Gasteiger partial charge in [-0.3, -0.25) is 0 Å². The Morgan fingerprint density at radius 1 is 1.38 bits per heavy atom. The Morgan fingerprint density at radius 3 is 2.76 bits per heavy atom. The van der Waals surface area contributed by atoms with Gasteiger partial charge in [-0.1, -0.05) is 13.8 Å². The third kappa shape index (κ3) is 2.06. The highest BCUT2D eigenvalue weighted by atomic mass is 16.6. The summed E-state index contributed by atoms with van der Waals surface area (Å²) in [6, 6.07) is 1.93. The largest absolute Gasteiger partial charge is 0.385 e. The zero-order chi connectivity index (χ0) is 15.2. The number of hydrogen-bond donors (Lipinski definition) is 2. The van der Waals surface area contributed by atoms with E-state index in [0.717, 1.165) is 23.1 Å². The first-order valence-corrected chi connectivity index (χ1v) is 7.37. The van der Waals surface area contributed by atoms with E-state index in [1.165, 1.54) is 6.33 Å². The van der Waals surface area contributed by atoms with E-state index in [0.29, 0.717) is 6.42 Å². The van der Waals surface area contributed by atoms with Crippen LogP contribution in [0, 0.1) is 0 Å². The van der Waals surface area contributed by atoms with Gasteiger partial charge >= 0.3 is 0 Å². The lowest BCUT2D eigenvalue weighted by Crippen LogP contribution is -2.44. The predicted octanol–water partition coefficient (Wildman–Crippen LogP) is 1.41. The van der Waals surface area contributed by atoms with Gasteiger partial charge in [-0.15, -0.1) is 0 Å². The molecule has 0 aliphatic carbocycles. The van der Waals surface area contributed by atoms with Crippen LogP contribution in [0.4, 0.5) is 0 Å². The molecule has 0 radical (unpaired) electrons. The van der Waals surface area contributed by atoms with Crippen molar-refractivity contribution in [3.05, 3.63) is 24.3 Å². The minimum atomic E-state index is -1.27. The van der Waals surface area contributed by atoms with Gasteiger partial charge < -0.3 is 19.5 Å². The van der Waals surface area contributed by atoms with E-state index in [2.05, 4.69) is 9.97 Å². The van der Waals surface area contributed by atoms with Crippen molar-refractivity contribution in [3.63, 3.8) is 0 Å². The second-order valence-electron chi connectivity index (χ2n) is 5.73. The third-order valence-electron chi connectivity index (χ3n) is 4.40. The lowest BCUT2D eigenvalue weighted by Gasteiger charge is -2.25. The number of aromatic nitrogens is 3. The predicted molar refractivity (Wildman–Crippen MR) is 77.7 cm³/mol. The van der Waals surface area contributed by atoms with Crippen molar-refractivity contribution in [2.24, 2.45) is 0 Å². The Bertz CT molecular complexity index is 653. The van der Waals surface area contributed by atoms with Crippen LogP contribution in [0.15, 0.2) is 18.6 Å². The van der Waals surface area contributed by atoms with E-state index in [1.807, 2.05) is 26.1 Å². The molecule has 1 aliphatic heterocycles. The molecule has 114 valence electrons. The maximum absolute atomic E-state index is 10.4. The van der Waals surface area contributed by atoms with Crippen molar-refractivity contribution in [2.45, 2.75) is 57.6 Å². The fourth-order valence-corrected chi connectivity index (χ4v) is 3.10. The highest BCUT2D eigenvalue weighted by Crippen LogP contribution is 2.39. The Balaban J connectivity index is 2.06. The van der Waals surface area contributed by atoms with Crippen LogP contribution in [0.3, 0.4) is 0 Å². The van der Waals surface area contributed by atoms with Gasteiger partial charge in [0.15, 0.2) is 6.23 Å². The summed E-state index contributed by atoms with van der Waals surface area (Å²) in [4.78, 5) is 8.57. The number of aliphatic hydroxyl groups is 2. The third-order valence-corrected chi connectivity index (χ3v) is 4.40. The highest BCUT2D eigenvalue weighted by molar-refractivity contribution is 5.78. The van der Waals surface area contributed by atoms with Gasteiger partial charge in [-0.05, 0) is 25.8 Å². The summed E-state index contributed by atoms with van der Waals surface area (Å²) >= 11 is 0.